The molecular formula is C3H6Cl3N. The normalized spacial score (nSPS) is 10.3. The molecule has 0 saturated carbocycles. The average Bonchev–Trinajstić information content (AvgIpc) is 1.68. The zero-order valence-corrected chi connectivity index (χ0v) is 5.97. The van der Waals surface area contributed by atoms with Gasteiger partial charge in [-0.3, -0.25) is 0 Å². The highest BCUT2D eigenvalue weighted by molar-refractivity contribution is 6.23. The molecule has 0 aromatic heterocycles. The molecule has 0 aliphatic carbocycles. The third-order valence-corrected chi connectivity index (χ3v) is 1.33. The summed E-state index contributed by atoms with van der Waals surface area (Å²) in [5.41, 5.74) is 0. The Morgan fingerprint density at radius 2 is 1.86 bits per heavy atom. The second-order valence-electron chi connectivity index (χ2n) is 0.995. The van der Waals surface area contributed by atoms with Gasteiger partial charge in [-0.05, 0) is 11.8 Å². The summed E-state index contributed by atoms with van der Waals surface area (Å²) in [7, 11) is 0. The lowest BCUT2D eigenvalue weighted by atomic mass is 10.8. The molecule has 0 amide bonds. The number of hydrogen-bond acceptors (Lipinski definition) is 1. The van der Waals surface area contributed by atoms with Gasteiger partial charge in [-0.25, -0.2) is 4.42 Å². The fraction of sp³-hybridized carbons (Fsp3) is 1.00. The first-order valence-corrected chi connectivity index (χ1v) is 3.24. The Morgan fingerprint density at radius 1 is 1.29 bits per heavy atom. The van der Waals surface area contributed by atoms with Gasteiger partial charge >= 0.3 is 0 Å². The van der Waals surface area contributed by atoms with Crippen LogP contribution in [-0.2, 0) is 0 Å². The zero-order valence-electron chi connectivity index (χ0n) is 3.70. The standard InChI is InChI=1S/C3H6Cl3N/c4-1-2-7(6)3-5/h1-3H2. The molecule has 0 rings (SSSR count). The SMILES string of the molecule is ClCCN(Cl)CCl. The van der Waals surface area contributed by atoms with Crippen molar-refractivity contribution in [3.05, 3.63) is 0 Å². The molecule has 0 saturated heterocycles. The summed E-state index contributed by atoms with van der Waals surface area (Å²) >= 11 is 15.9. The van der Waals surface area contributed by atoms with E-state index in [0.717, 1.165) is 0 Å². The Morgan fingerprint density at radius 3 is 2.00 bits per heavy atom. The van der Waals surface area contributed by atoms with Crippen molar-refractivity contribution in [3.63, 3.8) is 0 Å². The van der Waals surface area contributed by atoms with E-state index in [-0.39, 0.29) is 0 Å². The van der Waals surface area contributed by atoms with Gasteiger partial charge < -0.3 is 0 Å². The van der Waals surface area contributed by atoms with Crippen molar-refractivity contribution in [2.75, 3.05) is 18.4 Å². The Kier molecular flexibility index (Phi) is 5.57. The molecule has 0 spiro atoms. The number of alkyl halides is 2. The summed E-state index contributed by atoms with van der Waals surface area (Å²) in [4.78, 5) is 0. The molecule has 0 aliphatic heterocycles. The van der Waals surface area contributed by atoms with Gasteiger partial charge in [-0.1, -0.05) is 0 Å². The summed E-state index contributed by atoms with van der Waals surface area (Å²) in [6.07, 6.45) is 0. The lowest BCUT2D eigenvalue weighted by Gasteiger charge is -2.03. The Balaban J connectivity index is 2.83. The van der Waals surface area contributed by atoms with Crippen molar-refractivity contribution in [2.24, 2.45) is 0 Å². The summed E-state index contributed by atoms with van der Waals surface area (Å²) in [5, 5.41) is 0. The topological polar surface area (TPSA) is 3.24 Å². The highest BCUT2D eigenvalue weighted by atomic mass is 35.5. The first-order chi connectivity index (χ1) is 3.31. The van der Waals surface area contributed by atoms with Crippen molar-refractivity contribution in [3.8, 4) is 0 Å². The van der Waals surface area contributed by atoms with Crippen LogP contribution in [-0.4, -0.2) is 22.8 Å². The van der Waals surface area contributed by atoms with E-state index in [1.54, 1.807) is 0 Å². The predicted molar refractivity (Wildman–Crippen MR) is 34.0 cm³/mol. The molecule has 0 N–H and O–H groups in total. The molecule has 0 aromatic carbocycles. The van der Waals surface area contributed by atoms with Gasteiger partial charge in [0.1, 0.15) is 0 Å². The molecule has 0 fully saturated rings. The van der Waals surface area contributed by atoms with Gasteiger partial charge in [0, 0.05) is 12.4 Å². The molecule has 44 valence electrons. The number of halogens is 3. The highest BCUT2D eigenvalue weighted by Gasteiger charge is 1.92. The van der Waals surface area contributed by atoms with Gasteiger partial charge in [-0.2, -0.15) is 0 Å². The third-order valence-electron chi connectivity index (χ3n) is 0.457. The van der Waals surface area contributed by atoms with Gasteiger partial charge in [0.25, 0.3) is 0 Å². The lowest BCUT2D eigenvalue weighted by Crippen LogP contribution is -2.11. The molecule has 0 atom stereocenters. The van der Waals surface area contributed by atoms with Crippen molar-refractivity contribution >= 4 is 35.0 Å². The van der Waals surface area contributed by atoms with Crippen LogP contribution in [0.4, 0.5) is 0 Å². The second-order valence-corrected chi connectivity index (χ2v) is 2.09. The molecule has 0 heterocycles. The van der Waals surface area contributed by atoms with Crippen LogP contribution < -0.4 is 0 Å². The maximum absolute atomic E-state index is 5.38. The van der Waals surface area contributed by atoms with Gasteiger partial charge in [0.15, 0.2) is 0 Å². The van der Waals surface area contributed by atoms with E-state index in [0.29, 0.717) is 18.4 Å². The van der Waals surface area contributed by atoms with E-state index < -0.39 is 0 Å². The average molecular weight is 162 g/mol. The summed E-state index contributed by atoms with van der Waals surface area (Å²) < 4.78 is 1.41. The van der Waals surface area contributed by atoms with E-state index in [2.05, 4.69) is 0 Å². The number of nitrogens with zero attached hydrogens (tertiary/aromatic N) is 1. The summed E-state index contributed by atoms with van der Waals surface area (Å²) in [6.45, 7) is 0.632. The molecule has 0 radical (unpaired) electrons. The van der Waals surface area contributed by atoms with Crippen molar-refractivity contribution in [1.82, 2.24) is 4.42 Å². The summed E-state index contributed by atoms with van der Waals surface area (Å²) in [5.74, 6) is 0.524. The van der Waals surface area contributed by atoms with Crippen LogP contribution in [0.1, 0.15) is 0 Å². The maximum atomic E-state index is 5.38. The Hall–Kier alpha value is 0.830. The number of rotatable bonds is 3. The molecule has 1 nitrogen and oxygen atoms in total. The van der Waals surface area contributed by atoms with Crippen LogP contribution in [0.2, 0.25) is 0 Å². The Bertz CT molecular complexity index is 41.2. The van der Waals surface area contributed by atoms with Crippen LogP contribution in [0.5, 0.6) is 0 Å². The Labute approximate surface area is 58.3 Å². The highest BCUT2D eigenvalue weighted by Crippen LogP contribution is 1.94. The third kappa shape index (κ3) is 4.69. The zero-order chi connectivity index (χ0) is 5.70. The van der Waals surface area contributed by atoms with E-state index in [4.69, 9.17) is 35.0 Å². The monoisotopic (exact) mass is 161 g/mol. The van der Waals surface area contributed by atoms with E-state index in [1.807, 2.05) is 0 Å². The second kappa shape index (κ2) is 4.98. The van der Waals surface area contributed by atoms with Crippen LogP contribution in [0, 0.1) is 0 Å². The minimum atomic E-state index is 0.328. The summed E-state index contributed by atoms with van der Waals surface area (Å²) in [6, 6.07) is 0.328. The fourth-order valence-electron chi connectivity index (χ4n) is 0.151. The predicted octanol–water partition coefficient (Wildman–Crippen LogP) is 1.88. The molecule has 7 heavy (non-hydrogen) atoms. The molecule has 0 unspecified atom stereocenters. The molecule has 0 bridgehead atoms. The first-order valence-electron chi connectivity index (χ1n) is 1.84. The molecular weight excluding hydrogens is 156 g/mol. The first kappa shape index (κ1) is 7.83. The smallest absolute Gasteiger partial charge is 0.0883 e. The number of hydrogen-bond donors (Lipinski definition) is 0. The lowest BCUT2D eigenvalue weighted by molar-refractivity contribution is 0.561. The van der Waals surface area contributed by atoms with Crippen LogP contribution in [0.15, 0.2) is 0 Å². The van der Waals surface area contributed by atoms with Gasteiger partial charge in [-0.15, -0.1) is 23.2 Å². The fourth-order valence-corrected chi connectivity index (χ4v) is 0.646. The van der Waals surface area contributed by atoms with Crippen molar-refractivity contribution in [2.45, 2.75) is 0 Å². The van der Waals surface area contributed by atoms with E-state index >= 15 is 0 Å². The van der Waals surface area contributed by atoms with Crippen LogP contribution in [0.25, 0.3) is 0 Å². The minimum Gasteiger partial charge on any atom is -0.204 e. The van der Waals surface area contributed by atoms with Gasteiger partial charge in [0.05, 0.1) is 6.00 Å². The minimum absolute atomic E-state index is 0.328. The van der Waals surface area contributed by atoms with E-state index in [9.17, 15) is 0 Å². The van der Waals surface area contributed by atoms with Gasteiger partial charge in [0.2, 0.25) is 0 Å². The molecule has 4 heteroatoms. The van der Waals surface area contributed by atoms with Crippen LogP contribution >= 0.6 is 35.0 Å². The maximum Gasteiger partial charge on any atom is 0.0883 e. The van der Waals surface area contributed by atoms with Crippen molar-refractivity contribution < 1.29 is 0 Å². The molecule has 0 aliphatic rings. The quantitative estimate of drug-likeness (QED) is 0.348. The molecule has 0 aromatic rings. The van der Waals surface area contributed by atoms with Crippen LogP contribution in [0.3, 0.4) is 0 Å². The van der Waals surface area contributed by atoms with E-state index in [1.165, 1.54) is 4.42 Å². The van der Waals surface area contributed by atoms with Crippen molar-refractivity contribution in [1.29, 1.82) is 0 Å². The largest absolute Gasteiger partial charge is 0.204 e.